The predicted molar refractivity (Wildman–Crippen MR) is 98.9 cm³/mol. The minimum absolute atomic E-state index is 0.173. The summed E-state index contributed by atoms with van der Waals surface area (Å²) in [5.41, 5.74) is 2.44. The van der Waals surface area contributed by atoms with E-state index in [2.05, 4.69) is 16.2 Å². The first-order valence-electron chi connectivity index (χ1n) is 8.16. The zero-order valence-electron chi connectivity index (χ0n) is 14.5. The number of hydrogen-bond acceptors (Lipinski definition) is 4. The average molecular weight is 351 g/mol. The summed E-state index contributed by atoms with van der Waals surface area (Å²) in [6, 6.07) is 6.59. The molecule has 0 aliphatic rings. The Hall–Kier alpha value is -3.33. The highest BCUT2D eigenvalue weighted by Crippen LogP contribution is 2.34. The van der Waals surface area contributed by atoms with Crippen LogP contribution in [0.25, 0.3) is 10.9 Å². The van der Waals surface area contributed by atoms with Gasteiger partial charge in [-0.2, -0.15) is 0 Å². The fourth-order valence-corrected chi connectivity index (χ4v) is 2.85. The molecule has 0 spiro atoms. The molecule has 0 aliphatic heterocycles. The molecule has 2 aromatic heterocycles. The highest BCUT2D eigenvalue weighted by molar-refractivity contribution is 6.07. The third-order valence-corrected chi connectivity index (χ3v) is 3.97. The van der Waals surface area contributed by atoms with Gasteiger partial charge in [0.15, 0.2) is 5.69 Å². The van der Waals surface area contributed by atoms with E-state index in [-0.39, 0.29) is 24.5 Å². The maximum Gasteiger partial charge on any atom is 0.357 e. The van der Waals surface area contributed by atoms with Gasteiger partial charge in [0, 0.05) is 17.8 Å². The monoisotopic (exact) mass is 351 g/mol. The van der Waals surface area contributed by atoms with Gasteiger partial charge in [0.2, 0.25) is 0 Å². The van der Waals surface area contributed by atoms with E-state index in [1.807, 2.05) is 0 Å². The molecular weight excluding hydrogens is 333 g/mol. The molecule has 0 saturated carbocycles. The molecule has 6 heteroatoms. The second kappa shape index (κ2) is 7.28. The van der Waals surface area contributed by atoms with Crippen molar-refractivity contribution in [1.29, 1.82) is 0 Å². The van der Waals surface area contributed by atoms with Crippen molar-refractivity contribution in [2.75, 3.05) is 11.9 Å². The van der Waals surface area contributed by atoms with Gasteiger partial charge in [-0.3, -0.25) is 4.98 Å². The summed E-state index contributed by atoms with van der Waals surface area (Å²) in [7, 11) is 0. The summed E-state index contributed by atoms with van der Waals surface area (Å²) in [6.45, 7) is 3.92. The fourth-order valence-electron chi connectivity index (χ4n) is 2.85. The van der Waals surface area contributed by atoms with Crippen LogP contribution in [0.3, 0.4) is 0 Å². The minimum atomic E-state index is -0.533. The number of aryl methyl sites for hydroxylation is 1. The van der Waals surface area contributed by atoms with Crippen molar-refractivity contribution < 1.29 is 13.9 Å². The maximum absolute atomic E-state index is 14.3. The van der Waals surface area contributed by atoms with Gasteiger partial charge in [-0.05, 0) is 37.6 Å². The van der Waals surface area contributed by atoms with Crippen LogP contribution in [0.15, 0.2) is 36.7 Å². The summed E-state index contributed by atoms with van der Waals surface area (Å²) in [5, 5.41) is 3.68. The Bertz CT molecular complexity index is 1020. The number of terminal acetylenes is 1. The van der Waals surface area contributed by atoms with Crippen LogP contribution < -0.4 is 5.32 Å². The van der Waals surface area contributed by atoms with Crippen molar-refractivity contribution in [3.05, 3.63) is 53.7 Å². The Labute approximate surface area is 150 Å². The van der Waals surface area contributed by atoms with Gasteiger partial charge in [-0.15, -0.1) is 6.42 Å². The van der Waals surface area contributed by atoms with Gasteiger partial charge in [-0.25, -0.2) is 9.18 Å². The van der Waals surface area contributed by atoms with Crippen LogP contribution in [-0.2, 0) is 11.3 Å². The number of carbonyl (C=O) groups is 1. The third kappa shape index (κ3) is 3.11. The number of pyridine rings is 1. The first-order valence-corrected chi connectivity index (χ1v) is 8.16. The molecule has 2 heterocycles. The molecule has 1 aromatic carbocycles. The van der Waals surface area contributed by atoms with Gasteiger partial charge in [0.25, 0.3) is 0 Å². The van der Waals surface area contributed by atoms with E-state index in [0.717, 1.165) is 11.1 Å². The van der Waals surface area contributed by atoms with E-state index in [4.69, 9.17) is 11.2 Å². The number of ether oxygens (including phenoxy) is 1. The molecule has 1 N–H and O–H groups in total. The largest absolute Gasteiger partial charge is 0.461 e. The van der Waals surface area contributed by atoms with Gasteiger partial charge >= 0.3 is 5.97 Å². The number of rotatable bonds is 5. The number of aromatic nitrogens is 2. The molecule has 132 valence electrons. The molecule has 3 rings (SSSR count). The Kier molecular flexibility index (Phi) is 4.90. The molecule has 3 aromatic rings. The highest BCUT2D eigenvalue weighted by Gasteiger charge is 2.24. The molecule has 0 unspecified atom stereocenters. The van der Waals surface area contributed by atoms with E-state index in [0.29, 0.717) is 11.1 Å². The summed E-state index contributed by atoms with van der Waals surface area (Å²) >= 11 is 0. The second-order valence-corrected chi connectivity index (χ2v) is 5.74. The van der Waals surface area contributed by atoms with Gasteiger partial charge in [-0.1, -0.05) is 12.0 Å². The number of halogens is 1. The van der Waals surface area contributed by atoms with E-state index in [1.54, 1.807) is 49.0 Å². The van der Waals surface area contributed by atoms with E-state index < -0.39 is 11.8 Å². The van der Waals surface area contributed by atoms with Crippen molar-refractivity contribution >= 4 is 28.2 Å². The molecule has 0 fully saturated rings. The number of nitrogens with zero attached hydrogens (tertiary/aromatic N) is 2. The van der Waals surface area contributed by atoms with Crippen molar-refractivity contribution in [2.24, 2.45) is 0 Å². The summed E-state index contributed by atoms with van der Waals surface area (Å²) in [6.07, 6.45) is 8.70. The lowest BCUT2D eigenvalue weighted by atomic mass is 10.2. The van der Waals surface area contributed by atoms with Crippen LogP contribution in [0.2, 0.25) is 0 Å². The molecule has 0 atom stereocenters. The van der Waals surface area contributed by atoms with Crippen LogP contribution in [0, 0.1) is 25.1 Å². The van der Waals surface area contributed by atoms with Gasteiger partial charge < -0.3 is 14.6 Å². The smallest absolute Gasteiger partial charge is 0.357 e. The standard InChI is InChI=1S/C20H18FN3O2/c1-4-10-24-17-8-9-22-12-14(17)18(19(24)20(25)26-5-2)23-16-7-6-13(3)11-15(16)21/h1,6-9,11-12,23H,5,10H2,2-3H3. The molecular formula is C20H18FN3O2. The first-order chi connectivity index (χ1) is 12.6. The second-order valence-electron chi connectivity index (χ2n) is 5.74. The van der Waals surface area contributed by atoms with Gasteiger partial charge in [0.05, 0.1) is 30.0 Å². The Morgan fingerprint density at radius 3 is 2.92 bits per heavy atom. The quantitative estimate of drug-likeness (QED) is 0.557. The Balaban J connectivity index is 2.23. The SMILES string of the molecule is C#CCn1c(C(=O)OCC)c(Nc2ccc(C)cc2F)c2cnccc21. The highest BCUT2D eigenvalue weighted by atomic mass is 19.1. The Morgan fingerprint density at radius 1 is 1.42 bits per heavy atom. The van der Waals surface area contributed by atoms with Crippen molar-refractivity contribution in [3.8, 4) is 12.3 Å². The number of anilines is 2. The van der Waals surface area contributed by atoms with Crippen molar-refractivity contribution in [1.82, 2.24) is 9.55 Å². The zero-order valence-corrected chi connectivity index (χ0v) is 14.5. The van der Waals surface area contributed by atoms with Crippen molar-refractivity contribution in [2.45, 2.75) is 20.4 Å². The molecule has 0 aliphatic carbocycles. The number of hydrogen-bond donors (Lipinski definition) is 1. The number of carbonyl (C=O) groups excluding carboxylic acids is 1. The lowest BCUT2D eigenvalue weighted by Crippen LogP contribution is -2.14. The number of esters is 1. The van der Waals surface area contributed by atoms with Crippen LogP contribution in [0.4, 0.5) is 15.8 Å². The van der Waals surface area contributed by atoms with Crippen LogP contribution in [0.5, 0.6) is 0 Å². The number of benzene rings is 1. The van der Waals surface area contributed by atoms with Crippen LogP contribution in [-0.4, -0.2) is 22.1 Å². The van der Waals surface area contributed by atoms with E-state index in [9.17, 15) is 9.18 Å². The van der Waals surface area contributed by atoms with Crippen LogP contribution >= 0.6 is 0 Å². The normalized spacial score (nSPS) is 10.5. The molecule has 0 amide bonds. The fraction of sp³-hybridized carbons (Fsp3) is 0.200. The first kappa shape index (κ1) is 17.5. The summed E-state index contributed by atoms with van der Waals surface area (Å²) < 4.78 is 21.2. The lowest BCUT2D eigenvalue weighted by Gasteiger charge is -2.11. The molecule has 5 nitrogen and oxygen atoms in total. The Morgan fingerprint density at radius 2 is 2.23 bits per heavy atom. The molecule has 0 saturated heterocycles. The average Bonchev–Trinajstić information content (AvgIpc) is 2.92. The molecule has 26 heavy (non-hydrogen) atoms. The maximum atomic E-state index is 14.3. The van der Waals surface area contributed by atoms with E-state index >= 15 is 0 Å². The summed E-state index contributed by atoms with van der Waals surface area (Å²) in [5.74, 6) is 1.59. The minimum Gasteiger partial charge on any atom is -0.461 e. The van der Waals surface area contributed by atoms with Crippen molar-refractivity contribution in [3.63, 3.8) is 0 Å². The van der Waals surface area contributed by atoms with E-state index in [1.165, 1.54) is 6.07 Å². The summed E-state index contributed by atoms with van der Waals surface area (Å²) in [4.78, 5) is 16.7. The lowest BCUT2D eigenvalue weighted by molar-refractivity contribution is 0.0516. The number of fused-ring (bicyclic) bond motifs is 1. The molecule has 0 bridgehead atoms. The zero-order chi connectivity index (χ0) is 18.7. The van der Waals surface area contributed by atoms with Crippen LogP contribution in [0.1, 0.15) is 23.0 Å². The number of nitrogens with one attached hydrogen (secondary N) is 1. The molecule has 0 radical (unpaired) electrons. The topological polar surface area (TPSA) is 56.1 Å². The third-order valence-electron chi connectivity index (χ3n) is 3.97. The predicted octanol–water partition coefficient (Wildman–Crippen LogP) is 4.04. The van der Waals surface area contributed by atoms with Gasteiger partial charge in [0.1, 0.15) is 5.82 Å².